The van der Waals surface area contributed by atoms with Gasteiger partial charge >= 0.3 is 0 Å². The fourth-order valence-corrected chi connectivity index (χ4v) is 2.84. The van der Waals surface area contributed by atoms with Crippen LogP contribution in [0.5, 0.6) is 0 Å². The molecule has 0 aliphatic carbocycles. The van der Waals surface area contributed by atoms with Crippen molar-refractivity contribution < 1.29 is 4.79 Å². The number of allylic oxidation sites excluding steroid dienone is 1. The predicted octanol–water partition coefficient (Wildman–Crippen LogP) is 4.04. The third-order valence-electron chi connectivity index (χ3n) is 3.87. The quantitative estimate of drug-likeness (QED) is 0.835. The molecule has 0 saturated heterocycles. The number of hydrogen-bond acceptors (Lipinski definition) is 2. The summed E-state index contributed by atoms with van der Waals surface area (Å²) in [4.78, 5) is 14.3. The minimum absolute atomic E-state index is 0.241. The predicted molar refractivity (Wildman–Crippen MR) is 84.7 cm³/mol. The summed E-state index contributed by atoms with van der Waals surface area (Å²) in [6.45, 7) is 10.2. The van der Waals surface area contributed by atoms with E-state index >= 15 is 0 Å². The molecule has 1 aliphatic rings. The number of rotatable bonds is 4. The number of nitrogens with zero attached hydrogens (tertiary/aromatic N) is 2. The van der Waals surface area contributed by atoms with E-state index < -0.39 is 0 Å². The molecule has 1 aromatic rings. The fraction of sp³-hybridized carbons (Fsp3) is 0.333. The van der Waals surface area contributed by atoms with E-state index in [9.17, 15) is 10.1 Å². The molecule has 1 amide bonds. The Morgan fingerprint density at radius 2 is 2.05 bits per heavy atom. The standard InChI is InChI=1S/C18H20N2O/c1-5-8-15-13(4)20(18(21)16(15)11-19)17-12(3)9-7-10-14(17)6-2/h7,9-10H,4-6,8H2,1-3H3. The zero-order valence-corrected chi connectivity index (χ0v) is 12.9. The topological polar surface area (TPSA) is 44.1 Å². The van der Waals surface area contributed by atoms with E-state index in [1.54, 1.807) is 4.90 Å². The lowest BCUT2D eigenvalue weighted by molar-refractivity contribution is -0.113. The molecule has 0 fully saturated rings. The van der Waals surface area contributed by atoms with Gasteiger partial charge in [-0.25, -0.2) is 0 Å². The number of carbonyl (C=O) groups is 1. The van der Waals surface area contributed by atoms with Crippen molar-refractivity contribution in [2.75, 3.05) is 4.90 Å². The molecule has 0 radical (unpaired) electrons. The molecule has 1 aromatic carbocycles. The second-order valence-corrected chi connectivity index (χ2v) is 5.24. The van der Waals surface area contributed by atoms with Gasteiger partial charge in [-0.3, -0.25) is 9.69 Å². The van der Waals surface area contributed by atoms with Crippen LogP contribution < -0.4 is 4.90 Å². The third kappa shape index (κ3) is 2.38. The molecule has 0 spiro atoms. The first-order valence-corrected chi connectivity index (χ1v) is 7.32. The summed E-state index contributed by atoms with van der Waals surface area (Å²) in [5.74, 6) is -0.241. The zero-order chi connectivity index (χ0) is 15.6. The maximum absolute atomic E-state index is 12.6. The smallest absolute Gasteiger partial charge is 0.273 e. The number of nitriles is 1. The zero-order valence-electron chi connectivity index (χ0n) is 12.9. The Morgan fingerprint density at radius 1 is 1.33 bits per heavy atom. The highest BCUT2D eigenvalue weighted by atomic mass is 16.2. The Labute approximate surface area is 126 Å². The molecule has 1 heterocycles. The lowest BCUT2D eigenvalue weighted by atomic mass is 10.0. The summed E-state index contributed by atoms with van der Waals surface area (Å²) >= 11 is 0. The van der Waals surface area contributed by atoms with Gasteiger partial charge < -0.3 is 0 Å². The molecule has 108 valence electrons. The first-order valence-electron chi connectivity index (χ1n) is 7.32. The Morgan fingerprint density at radius 3 is 2.62 bits per heavy atom. The maximum atomic E-state index is 12.6. The van der Waals surface area contributed by atoms with Gasteiger partial charge in [-0.1, -0.05) is 45.0 Å². The van der Waals surface area contributed by atoms with E-state index in [1.807, 2.05) is 32.0 Å². The van der Waals surface area contributed by atoms with Gasteiger partial charge in [-0.2, -0.15) is 5.26 Å². The van der Waals surface area contributed by atoms with Crippen molar-refractivity contribution in [2.24, 2.45) is 0 Å². The van der Waals surface area contributed by atoms with Crippen LogP contribution in [0.3, 0.4) is 0 Å². The van der Waals surface area contributed by atoms with E-state index in [1.165, 1.54) is 0 Å². The monoisotopic (exact) mass is 280 g/mol. The minimum Gasteiger partial charge on any atom is -0.276 e. The van der Waals surface area contributed by atoms with Crippen LogP contribution >= 0.6 is 0 Å². The molecular weight excluding hydrogens is 260 g/mol. The summed E-state index contributed by atoms with van der Waals surface area (Å²) < 4.78 is 0. The van der Waals surface area contributed by atoms with Crippen LogP contribution in [0, 0.1) is 18.3 Å². The van der Waals surface area contributed by atoms with Crippen LogP contribution in [-0.4, -0.2) is 5.91 Å². The molecule has 3 heteroatoms. The van der Waals surface area contributed by atoms with Gasteiger partial charge in [0.05, 0.1) is 5.69 Å². The van der Waals surface area contributed by atoms with E-state index in [4.69, 9.17) is 0 Å². The summed E-state index contributed by atoms with van der Waals surface area (Å²) in [5, 5.41) is 9.32. The molecule has 21 heavy (non-hydrogen) atoms. The summed E-state index contributed by atoms with van der Waals surface area (Å²) in [6, 6.07) is 8.06. The number of benzene rings is 1. The first kappa shape index (κ1) is 15.1. The number of para-hydroxylation sites is 1. The third-order valence-corrected chi connectivity index (χ3v) is 3.87. The van der Waals surface area contributed by atoms with Crippen molar-refractivity contribution in [1.82, 2.24) is 0 Å². The van der Waals surface area contributed by atoms with Gasteiger partial charge in [-0.15, -0.1) is 0 Å². The Hall–Kier alpha value is -2.34. The molecule has 1 aliphatic heterocycles. The molecule has 3 nitrogen and oxygen atoms in total. The number of carbonyl (C=O) groups excluding carboxylic acids is 1. The highest BCUT2D eigenvalue weighted by Crippen LogP contribution is 2.38. The van der Waals surface area contributed by atoms with Gasteiger partial charge in [0, 0.05) is 5.70 Å². The minimum atomic E-state index is -0.241. The molecule has 0 saturated carbocycles. The van der Waals surface area contributed by atoms with E-state index in [0.717, 1.165) is 35.2 Å². The summed E-state index contributed by atoms with van der Waals surface area (Å²) in [7, 11) is 0. The normalized spacial score (nSPS) is 14.9. The molecule has 0 N–H and O–H groups in total. The summed E-state index contributed by atoms with van der Waals surface area (Å²) in [6.07, 6.45) is 2.42. The van der Waals surface area contributed by atoms with Crippen molar-refractivity contribution in [2.45, 2.75) is 40.0 Å². The van der Waals surface area contributed by atoms with Crippen LogP contribution in [0.2, 0.25) is 0 Å². The first-order chi connectivity index (χ1) is 10.1. The van der Waals surface area contributed by atoms with Gasteiger partial charge in [0.2, 0.25) is 0 Å². The van der Waals surface area contributed by atoms with Gasteiger partial charge in [0.15, 0.2) is 0 Å². The number of amides is 1. The molecular formula is C18H20N2O. The van der Waals surface area contributed by atoms with Crippen molar-refractivity contribution in [3.63, 3.8) is 0 Å². The molecule has 0 unspecified atom stereocenters. The van der Waals surface area contributed by atoms with E-state index in [0.29, 0.717) is 12.1 Å². The largest absolute Gasteiger partial charge is 0.276 e. The second-order valence-electron chi connectivity index (χ2n) is 5.24. The number of anilines is 1. The molecule has 0 atom stereocenters. The fourth-order valence-electron chi connectivity index (χ4n) is 2.84. The van der Waals surface area contributed by atoms with Crippen LogP contribution in [0.25, 0.3) is 0 Å². The van der Waals surface area contributed by atoms with Gasteiger partial charge in [0.25, 0.3) is 5.91 Å². The van der Waals surface area contributed by atoms with Crippen molar-refractivity contribution in [3.05, 3.63) is 52.7 Å². The van der Waals surface area contributed by atoms with Gasteiger partial charge in [0.1, 0.15) is 11.6 Å². The van der Waals surface area contributed by atoms with Crippen LogP contribution in [0.4, 0.5) is 5.69 Å². The number of hydrogen-bond donors (Lipinski definition) is 0. The molecule has 0 bridgehead atoms. The molecule has 0 aromatic heterocycles. The van der Waals surface area contributed by atoms with Crippen LogP contribution in [0.1, 0.15) is 37.8 Å². The average Bonchev–Trinajstić information content (AvgIpc) is 2.70. The van der Waals surface area contributed by atoms with E-state index in [2.05, 4.69) is 19.6 Å². The number of aryl methyl sites for hydroxylation is 2. The Bertz CT molecular complexity index is 677. The van der Waals surface area contributed by atoms with Crippen molar-refractivity contribution in [3.8, 4) is 6.07 Å². The maximum Gasteiger partial charge on any atom is 0.273 e. The Balaban J connectivity index is 2.57. The van der Waals surface area contributed by atoms with Crippen molar-refractivity contribution >= 4 is 11.6 Å². The van der Waals surface area contributed by atoms with E-state index in [-0.39, 0.29) is 11.5 Å². The highest BCUT2D eigenvalue weighted by molar-refractivity contribution is 6.16. The molecule has 2 rings (SSSR count). The second kappa shape index (κ2) is 5.97. The SMILES string of the molecule is C=C1C(CCC)=C(C#N)C(=O)N1c1c(C)cccc1CC. The summed E-state index contributed by atoms with van der Waals surface area (Å²) in [5.41, 5.74) is 4.69. The van der Waals surface area contributed by atoms with Gasteiger partial charge in [-0.05, 0) is 36.5 Å². The van der Waals surface area contributed by atoms with Crippen LogP contribution in [-0.2, 0) is 11.2 Å². The lowest BCUT2D eigenvalue weighted by Crippen LogP contribution is -2.26. The lowest BCUT2D eigenvalue weighted by Gasteiger charge is -2.24. The Kier molecular flexibility index (Phi) is 4.28. The highest BCUT2D eigenvalue weighted by Gasteiger charge is 2.35. The van der Waals surface area contributed by atoms with Crippen molar-refractivity contribution in [1.29, 1.82) is 5.26 Å². The average molecular weight is 280 g/mol. The van der Waals surface area contributed by atoms with Crippen LogP contribution in [0.15, 0.2) is 41.6 Å².